The summed E-state index contributed by atoms with van der Waals surface area (Å²) in [6.07, 6.45) is -0.845. The summed E-state index contributed by atoms with van der Waals surface area (Å²) in [6.45, 7) is 0. The minimum atomic E-state index is -1.16. The van der Waals surface area contributed by atoms with Gasteiger partial charge < -0.3 is 19.9 Å². The lowest BCUT2D eigenvalue weighted by molar-refractivity contribution is -0.138. The Morgan fingerprint density at radius 2 is 2.27 bits per heavy atom. The maximum atomic E-state index is 10.5. The summed E-state index contributed by atoms with van der Waals surface area (Å²) in [5.41, 5.74) is 1.05. The lowest BCUT2D eigenvalue weighted by Gasteiger charge is -2.08. The maximum Gasteiger partial charge on any atom is 0.492 e. The quantitative estimate of drug-likeness (QED) is 0.577. The van der Waals surface area contributed by atoms with E-state index < -0.39 is 19.2 Å². The van der Waals surface area contributed by atoms with Crippen LogP contribution in [0.4, 0.5) is 0 Å². The van der Waals surface area contributed by atoms with Crippen LogP contribution in [0.1, 0.15) is 18.1 Å². The van der Waals surface area contributed by atoms with E-state index in [1.807, 2.05) is 0 Å². The molecule has 1 unspecified atom stereocenters. The van der Waals surface area contributed by atoms with Gasteiger partial charge in [-0.1, -0.05) is 6.07 Å². The number of phenols is 1. The summed E-state index contributed by atoms with van der Waals surface area (Å²) in [5, 5.41) is 27.3. The Balaban J connectivity index is 2.33. The Labute approximate surface area is 86.1 Å². The topological polar surface area (TPSA) is 87.0 Å². The van der Waals surface area contributed by atoms with Crippen molar-refractivity contribution < 1.29 is 24.7 Å². The van der Waals surface area contributed by atoms with Crippen molar-refractivity contribution in [2.24, 2.45) is 0 Å². The number of phenolic OH excluding ortho intramolecular Hbond substituents is 1. The smallest absolute Gasteiger partial charge is 0.492 e. The first-order valence-electron chi connectivity index (χ1n) is 4.46. The molecular formula is C9H9BO5. The number of carboxylic acid groups (broad SMARTS) is 1. The molecule has 0 aromatic heterocycles. The van der Waals surface area contributed by atoms with Gasteiger partial charge in [0.1, 0.15) is 5.75 Å². The van der Waals surface area contributed by atoms with E-state index in [-0.39, 0.29) is 12.2 Å². The zero-order chi connectivity index (χ0) is 11.0. The van der Waals surface area contributed by atoms with Crippen LogP contribution in [0.2, 0.25) is 0 Å². The predicted molar refractivity (Wildman–Crippen MR) is 51.8 cm³/mol. The first kappa shape index (κ1) is 10.0. The molecule has 5 nitrogen and oxygen atoms in total. The molecule has 1 aromatic rings. The fourth-order valence-electron chi connectivity index (χ4n) is 1.69. The molecule has 0 bridgehead atoms. The van der Waals surface area contributed by atoms with Crippen LogP contribution in [-0.2, 0) is 9.45 Å². The van der Waals surface area contributed by atoms with E-state index >= 15 is 0 Å². The standard InChI is InChI=1S/C9H9BO5/c11-5-1-2-6-7(3-5)10(14)15-8(6)4-9(12)13/h1-3,8,11,14H,4H2,(H,12,13). The van der Waals surface area contributed by atoms with Gasteiger partial charge in [-0.2, -0.15) is 0 Å². The van der Waals surface area contributed by atoms with Gasteiger partial charge in [0.25, 0.3) is 0 Å². The molecule has 0 fully saturated rings. The van der Waals surface area contributed by atoms with E-state index in [9.17, 15) is 14.9 Å². The molecular weight excluding hydrogens is 199 g/mol. The molecule has 0 aliphatic carbocycles. The summed E-state index contributed by atoms with van der Waals surface area (Å²) < 4.78 is 5.06. The molecule has 15 heavy (non-hydrogen) atoms. The molecule has 2 rings (SSSR count). The Kier molecular flexibility index (Phi) is 2.38. The number of carbonyl (C=O) groups is 1. The second-order valence-corrected chi connectivity index (χ2v) is 3.39. The summed E-state index contributed by atoms with van der Waals surface area (Å²) in [4.78, 5) is 10.5. The molecule has 1 aliphatic rings. The highest BCUT2D eigenvalue weighted by Crippen LogP contribution is 2.28. The molecule has 0 amide bonds. The van der Waals surface area contributed by atoms with Crippen LogP contribution in [0.15, 0.2) is 18.2 Å². The highest BCUT2D eigenvalue weighted by atomic mass is 16.5. The third-order valence-corrected chi connectivity index (χ3v) is 2.34. The van der Waals surface area contributed by atoms with Crippen molar-refractivity contribution in [3.63, 3.8) is 0 Å². The zero-order valence-electron chi connectivity index (χ0n) is 7.75. The SMILES string of the molecule is O=C(O)CC1OB(O)c2cc(O)ccc21. The van der Waals surface area contributed by atoms with Crippen LogP contribution in [0.3, 0.4) is 0 Å². The predicted octanol–water partition coefficient (Wildman–Crippen LogP) is -0.374. The normalized spacial score (nSPS) is 19.0. The fraction of sp³-hybridized carbons (Fsp3) is 0.222. The van der Waals surface area contributed by atoms with E-state index in [4.69, 9.17) is 9.76 Å². The van der Waals surface area contributed by atoms with Crippen molar-refractivity contribution in [3.05, 3.63) is 23.8 Å². The number of carboxylic acids is 1. The van der Waals surface area contributed by atoms with Crippen molar-refractivity contribution in [2.75, 3.05) is 0 Å². The van der Waals surface area contributed by atoms with E-state index in [2.05, 4.69) is 0 Å². The van der Waals surface area contributed by atoms with Gasteiger partial charge in [0.15, 0.2) is 0 Å². The summed E-state index contributed by atoms with van der Waals surface area (Å²) in [6, 6.07) is 4.38. The van der Waals surface area contributed by atoms with Crippen LogP contribution >= 0.6 is 0 Å². The number of benzene rings is 1. The summed E-state index contributed by atoms with van der Waals surface area (Å²) in [7, 11) is -1.16. The fourth-order valence-corrected chi connectivity index (χ4v) is 1.69. The van der Waals surface area contributed by atoms with Crippen molar-refractivity contribution in [1.29, 1.82) is 0 Å². The minimum Gasteiger partial charge on any atom is -0.508 e. The third-order valence-electron chi connectivity index (χ3n) is 2.34. The molecule has 78 valence electrons. The number of hydrogen-bond acceptors (Lipinski definition) is 4. The monoisotopic (exact) mass is 208 g/mol. The number of aliphatic carboxylic acids is 1. The van der Waals surface area contributed by atoms with E-state index in [1.54, 1.807) is 6.07 Å². The van der Waals surface area contributed by atoms with Crippen LogP contribution in [-0.4, -0.2) is 28.3 Å². The van der Waals surface area contributed by atoms with Gasteiger partial charge >= 0.3 is 13.1 Å². The van der Waals surface area contributed by atoms with Crippen LogP contribution in [0.25, 0.3) is 0 Å². The first-order chi connectivity index (χ1) is 7.08. The Bertz CT molecular complexity index is 405. The van der Waals surface area contributed by atoms with Gasteiger partial charge in [-0.05, 0) is 23.2 Å². The molecule has 0 radical (unpaired) electrons. The van der Waals surface area contributed by atoms with Crippen molar-refractivity contribution in [2.45, 2.75) is 12.5 Å². The highest BCUT2D eigenvalue weighted by Gasteiger charge is 2.36. The van der Waals surface area contributed by atoms with Crippen molar-refractivity contribution >= 4 is 18.6 Å². The molecule has 1 heterocycles. The Hall–Kier alpha value is -1.53. The number of aromatic hydroxyl groups is 1. The van der Waals surface area contributed by atoms with Crippen molar-refractivity contribution in [1.82, 2.24) is 0 Å². The van der Waals surface area contributed by atoms with Crippen molar-refractivity contribution in [3.8, 4) is 5.75 Å². The second-order valence-electron chi connectivity index (χ2n) is 3.39. The molecule has 1 atom stereocenters. The third kappa shape index (κ3) is 1.81. The minimum absolute atomic E-state index is 0.0207. The van der Waals surface area contributed by atoms with Gasteiger partial charge in [-0.25, -0.2) is 0 Å². The number of fused-ring (bicyclic) bond motifs is 1. The van der Waals surface area contributed by atoms with Crippen LogP contribution in [0.5, 0.6) is 5.75 Å². The zero-order valence-corrected chi connectivity index (χ0v) is 7.75. The van der Waals surface area contributed by atoms with Crippen LogP contribution < -0.4 is 5.46 Å². The van der Waals surface area contributed by atoms with Gasteiger partial charge in [0.05, 0.1) is 12.5 Å². The number of rotatable bonds is 2. The van der Waals surface area contributed by atoms with Gasteiger partial charge in [0, 0.05) is 0 Å². The molecule has 3 N–H and O–H groups in total. The average molecular weight is 208 g/mol. The maximum absolute atomic E-state index is 10.5. The molecule has 0 saturated carbocycles. The van der Waals surface area contributed by atoms with Gasteiger partial charge in [-0.3, -0.25) is 4.79 Å². The molecule has 1 aliphatic heterocycles. The largest absolute Gasteiger partial charge is 0.508 e. The number of hydrogen-bond donors (Lipinski definition) is 3. The lowest BCUT2D eigenvalue weighted by atomic mass is 9.79. The van der Waals surface area contributed by atoms with Gasteiger partial charge in [-0.15, -0.1) is 0 Å². The first-order valence-corrected chi connectivity index (χ1v) is 4.46. The Morgan fingerprint density at radius 3 is 2.93 bits per heavy atom. The lowest BCUT2D eigenvalue weighted by Crippen LogP contribution is -2.27. The van der Waals surface area contributed by atoms with Gasteiger partial charge in [0.2, 0.25) is 0 Å². The molecule has 0 saturated heterocycles. The van der Waals surface area contributed by atoms with Crippen LogP contribution in [0, 0.1) is 0 Å². The Morgan fingerprint density at radius 1 is 1.53 bits per heavy atom. The summed E-state index contributed by atoms with van der Waals surface area (Å²) >= 11 is 0. The average Bonchev–Trinajstić information content (AvgIpc) is 2.42. The molecule has 0 spiro atoms. The molecule has 6 heteroatoms. The van der Waals surface area contributed by atoms with E-state index in [0.717, 1.165) is 0 Å². The highest BCUT2D eigenvalue weighted by molar-refractivity contribution is 6.61. The second kappa shape index (κ2) is 3.56. The molecule has 1 aromatic carbocycles. The van der Waals surface area contributed by atoms with E-state index in [0.29, 0.717) is 11.0 Å². The van der Waals surface area contributed by atoms with E-state index in [1.165, 1.54) is 12.1 Å². The summed E-state index contributed by atoms with van der Waals surface area (Å²) in [5.74, 6) is -0.972.